The molecule has 0 unspecified atom stereocenters. The van der Waals surface area contributed by atoms with Gasteiger partial charge in [0.25, 0.3) is 0 Å². The lowest BCUT2D eigenvalue weighted by Crippen LogP contribution is -2.37. The number of para-hydroxylation sites is 1. The van der Waals surface area contributed by atoms with E-state index < -0.39 is 0 Å². The van der Waals surface area contributed by atoms with Crippen LogP contribution in [0.1, 0.15) is 5.82 Å². The van der Waals surface area contributed by atoms with Crippen molar-refractivity contribution < 1.29 is 9.53 Å². The largest absolute Gasteiger partial charge is 0.378 e. The fraction of sp³-hybridized carbons (Fsp3) is 0.208. The molecular formula is C24H24N8O2. The summed E-state index contributed by atoms with van der Waals surface area (Å²) < 4.78 is 7.30. The van der Waals surface area contributed by atoms with E-state index in [1.807, 2.05) is 72.3 Å². The molecule has 1 saturated heterocycles. The number of carbonyl (C=O) groups is 1. The molecule has 2 amide bonds. The van der Waals surface area contributed by atoms with E-state index in [4.69, 9.17) is 14.7 Å². The number of hydrogen-bond acceptors (Lipinski definition) is 7. The lowest BCUT2D eigenvalue weighted by atomic mass is 10.2. The number of carbonyl (C=O) groups excluding carboxylic acids is 1. The molecule has 1 aliphatic heterocycles. The van der Waals surface area contributed by atoms with Crippen LogP contribution >= 0.6 is 0 Å². The number of aromatic nitrogens is 5. The molecule has 0 radical (unpaired) electrons. The van der Waals surface area contributed by atoms with Gasteiger partial charge in [0.2, 0.25) is 11.9 Å². The minimum Gasteiger partial charge on any atom is -0.378 e. The first-order chi connectivity index (χ1) is 16.7. The molecular weight excluding hydrogens is 432 g/mol. The van der Waals surface area contributed by atoms with E-state index in [2.05, 4.69) is 25.5 Å². The van der Waals surface area contributed by atoms with Gasteiger partial charge in [-0.1, -0.05) is 18.2 Å². The van der Waals surface area contributed by atoms with Gasteiger partial charge in [-0.05, 0) is 43.3 Å². The number of imidazole rings is 1. The normalized spacial score (nSPS) is 13.5. The van der Waals surface area contributed by atoms with Crippen molar-refractivity contribution in [2.75, 3.05) is 41.8 Å². The van der Waals surface area contributed by atoms with Crippen molar-refractivity contribution >= 4 is 23.4 Å². The Labute approximate surface area is 196 Å². The number of aryl methyl sites for hydroxylation is 1. The summed E-state index contributed by atoms with van der Waals surface area (Å²) in [6.45, 7) is 4.59. The zero-order chi connectivity index (χ0) is 23.3. The topological polar surface area (TPSA) is 110 Å². The highest BCUT2D eigenvalue weighted by Gasteiger charge is 2.18. The predicted molar refractivity (Wildman–Crippen MR) is 129 cm³/mol. The average Bonchev–Trinajstić information content (AvgIpc) is 3.31. The van der Waals surface area contributed by atoms with Gasteiger partial charge in [0.05, 0.1) is 13.2 Å². The quantitative estimate of drug-likeness (QED) is 0.473. The minimum absolute atomic E-state index is 0.313. The van der Waals surface area contributed by atoms with Crippen LogP contribution < -0.4 is 15.5 Å². The van der Waals surface area contributed by atoms with Crippen LogP contribution in [0.5, 0.6) is 0 Å². The van der Waals surface area contributed by atoms with Crippen molar-refractivity contribution in [3.05, 3.63) is 72.8 Å². The Morgan fingerprint density at radius 2 is 1.56 bits per heavy atom. The molecule has 2 aromatic heterocycles. The Morgan fingerprint density at radius 1 is 0.882 bits per heavy atom. The third-order valence-electron chi connectivity index (χ3n) is 5.38. The highest BCUT2D eigenvalue weighted by atomic mass is 16.5. The zero-order valence-corrected chi connectivity index (χ0v) is 18.7. The number of urea groups is 1. The van der Waals surface area contributed by atoms with Crippen molar-refractivity contribution in [1.29, 1.82) is 0 Å². The summed E-state index contributed by atoms with van der Waals surface area (Å²) in [5.41, 5.74) is 2.19. The predicted octanol–water partition coefficient (Wildman–Crippen LogP) is 3.51. The second-order valence-electron chi connectivity index (χ2n) is 7.73. The summed E-state index contributed by atoms with van der Waals surface area (Å²) in [6, 6.07) is 16.4. The van der Waals surface area contributed by atoms with Crippen LogP contribution in [0.4, 0.5) is 22.1 Å². The van der Waals surface area contributed by atoms with E-state index in [-0.39, 0.29) is 6.03 Å². The first-order valence-electron chi connectivity index (χ1n) is 11.0. The number of morpholine rings is 1. The summed E-state index contributed by atoms with van der Waals surface area (Å²) in [6.07, 6.45) is 3.55. The summed E-state index contributed by atoms with van der Waals surface area (Å²) in [5, 5.41) is 5.64. The molecule has 1 aliphatic rings. The summed E-state index contributed by atoms with van der Waals surface area (Å²) >= 11 is 0. The van der Waals surface area contributed by atoms with Gasteiger partial charge >= 0.3 is 6.03 Å². The van der Waals surface area contributed by atoms with Crippen LogP contribution in [-0.2, 0) is 4.74 Å². The van der Waals surface area contributed by atoms with Gasteiger partial charge < -0.3 is 20.3 Å². The van der Waals surface area contributed by atoms with Crippen molar-refractivity contribution in [3.63, 3.8) is 0 Å². The smallest absolute Gasteiger partial charge is 0.323 e. The van der Waals surface area contributed by atoms with Gasteiger partial charge in [0, 0.05) is 42.4 Å². The van der Waals surface area contributed by atoms with Gasteiger partial charge in [-0.2, -0.15) is 15.0 Å². The molecule has 4 aromatic rings. The molecule has 10 heteroatoms. The maximum absolute atomic E-state index is 12.3. The Bertz CT molecular complexity index is 1270. The van der Waals surface area contributed by atoms with Crippen molar-refractivity contribution in [1.82, 2.24) is 24.5 Å². The molecule has 0 bridgehead atoms. The number of rotatable bonds is 5. The first kappa shape index (κ1) is 21.5. The van der Waals surface area contributed by atoms with Crippen LogP contribution in [0.15, 0.2) is 67.0 Å². The first-order valence-corrected chi connectivity index (χ1v) is 11.0. The monoisotopic (exact) mass is 456 g/mol. The molecule has 2 N–H and O–H groups in total. The van der Waals surface area contributed by atoms with Crippen LogP contribution in [-0.4, -0.2) is 56.8 Å². The fourth-order valence-corrected chi connectivity index (χ4v) is 3.60. The van der Waals surface area contributed by atoms with E-state index in [1.165, 1.54) is 0 Å². The fourth-order valence-electron chi connectivity index (χ4n) is 3.60. The maximum Gasteiger partial charge on any atom is 0.323 e. The molecule has 0 saturated carbocycles. The molecule has 3 heterocycles. The number of amides is 2. The number of nitrogens with one attached hydrogen (secondary N) is 2. The minimum atomic E-state index is -0.313. The molecule has 1 fully saturated rings. The Balaban J connectivity index is 1.40. The van der Waals surface area contributed by atoms with E-state index >= 15 is 0 Å². The molecule has 0 atom stereocenters. The van der Waals surface area contributed by atoms with E-state index in [0.717, 1.165) is 17.1 Å². The SMILES string of the molecule is Cc1nccn1-c1nc(-c2ccc(NC(=O)Nc3ccccc3)cc2)nc(N2CCOCC2)n1. The molecule has 34 heavy (non-hydrogen) atoms. The van der Waals surface area contributed by atoms with E-state index in [0.29, 0.717) is 49.7 Å². The van der Waals surface area contributed by atoms with Gasteiger partial charge in [0.1, 0.15) is 5.82 Å². The Kier molecular flexibility index (Phi) is 6.13. The second-order valence-corrected chi connectivity index (χ2v) is 7.73. The van der Waals surface area contributed by atoms with Crippen molar-refractivity contribution in [2.45, 2.75) is 6.92 Å². The van der Waals surface area contributed by atoms with Gasteiger partial charge in [0.15, 0.2) is 5.82 Å². The van der Waals surface area contributed by atoms with Gasteiger partial charge in [-0.3, -0.25) is 4.57 Å². The highest BCUT2D eigenvalue weighted by molar-refractivity contribution is 5.99. The summed E-state index contributed by atoms with van der Waals surface area (Å²) in [7, 11) is 0. The van der Waals surface area contributed by atoms with Crippen molar-refractivity contribution in [2.24, 2.45) is 0 Å². The third-order valence-corrected chi connectivity index (χ3v) is 5.38. The lowest BCUT2D eigenvalue weighted by Gasteiger charge is -2.27. The second kappa shape index (κ2) is 9.67. The molecule has 0 aliphatic carbocycles. The van der Waals surface area contributed by atoms with E-state index in [1.54, 1.807) is 6.20 Å². The molecule has 10 nitrogen and oxygen atoms in total. The molecule has 5 rings (SSSR count). The van der Waals surface area contributed by atoms with Crippen LogP contribution in [0, 0.1) is 6.92 Å². The number of nitrogens with zero attached hydrogens (tertiary/aromatic N) is 6. The third kappa shape index (κ3) is 4.86. The summed E-state index contributed by atoms with van der Waals surface area (Å²) in [4.78, 5) is 32.8. The molecule has 172 valence electrons. The molecule has 2 aromatic carbocycles. The number of hydrogen-bond donors (Lipinski definition) is 2. The number of ether oxygens (including phenoxy) is 1. The van der Waals surface area contributed by atoms with Gasteiger partial charge in [-0.15, -0.1) is 0 Å². The van der Waals surface area contributed by atoms with Crippen molar-refractivity contribution in [3.8, 4) is 17.3 Å². The zero-order valence-electron chi connectivity index (χ0n) is 18.7. The van der Waals surface area contributed by atoms with Crippen LogP contribution in [0.25, 0.3) is 17.3 Å². The molecule has 0 spiro atoms. The van der Waals surface area contributed by atoms with Gasteiger partial charge in [-0.25, -0.2) is 9.78 Å². The average molecular weight is 457 g/mol. The number of anilines is 3. The highest BCUT2D eigenvalue weighted by Crippen LogP contribution is 2.22. The summed E-state index contributed by atoms with van der Waals surface area (Å²) in [5.74, 6) is 2.43. The van der Waals surface area contributed by atoms with E-state index in [9.17, 15) is 4.79 Å². The Morgan fingerprint density at radius 3 is 2.24 bits per heavy atom. The lowest BCUT2D eigenvalue weighted by molar-refractivity contribution is 0.122. The standard InChI is InChI=1S/C24H24N8O2/c1-17-25-11-12-32(17)23-29-21(28-22(30-23)31-13-15-34-16-14-31)18-7-9-20(10-8-18)27-24(33)26-19-5-3-2-4-6-19/h2-12H,13-16H2,1H3,(H2,26,27,33). The maximum atomic E-state index is 12.3. The van der Waals surface area contributed by atoms with Crippen LogP contribution in [0.3, 0.4) is 0 Å². The Hall–Kier alpha value is -4.31. The van der Waals surface area contributed by atoms with Crippen LogP contribution in [0.2, 0.25) is 0 Å². The number of benzene rings is 2.